The van der Waals surface area contributed by atoms with E-state index in [9.17, 15) is 38.7 Å². The second kappa shape index (κ2) is 39.8. The molecule has 0 saturated heterocycles. The Morgan fingerprint density at radius 1 is 0.500 bits per heavy atom. The second-order valence-electron chi connectivity index (χ2n) is 13.2. The van der Waals surface area contributed by atoms with Crippen molar-refractivity contribution in [2.24, 2.45) is 0 Å². The number of hydrogen-bond acceptors (Lipinski definition) is 11. The number of amides is 5. The summed E-state index contributed by atoms with van der Waals surface area (Å²) in [6, 6.07) is -1.15. The molecule has 332 valence electrons. The summed E-state index contributed by atoms with van der Waals surface area (Å²) in [4.78, 5) is 80.9. The van der Waals surface area contributed by atoms with Gasteiger partial charge in [-0.05, 0) is 19.3 Å². The molecular formula is C39H66ClN5O13. The average molecular weight is 848 g/mol. The first kappa shape index (κ1) is 54.0. The van der Waals surface area contributed by atoms with Crippen molar-refractivity contribution < 1.29 is 62.7 Å². The van der Waals surface area contributed by atoms with Crippen molar-refractivity contribution in [2.75, 3.05) is 84.9 Å². The molecule has 0 aromatic rings. The van der Waals surface area contributed by atoms with Crippen molar-refractivity contribution >= 4 is 53.1 Å². The molecular weight excluding hydrogens is 782 g/mol. The van der Waals surface area contributed by atoms with Gasteiger partial charge in [0.25, 0.3) is 0 Å². The molecule has 18 nitrogen and oxygen atoms in total. The van der Waals surface area contributed by atoms with Gasteiger partial charge in [-0.3, -0.25) is 24.0 Å². The maximum atomic E-state index is 12.3. The zero-order valence-electron chi connectivity index (χ0n) is 33.8. The Labute approximate surface area is 347 Å². The molecule has 19 heteroatoms. The maximum Gasteiger partial charge on any atom is 0.381 e. The minimum Gasteiger partial charge on any atom is -0.480 e. The van der Waals surface area contributed by atoms with Gasteiger partial charge in [0.05, 0.1) is 39.6 Å². The van der Waals surface area contributed by atoms with E-state index in [4.69, 9.17) is 35.7 Å². The lowest BCUT2D eigenvalue weighted by atomic mass is 10.0. The monoisotopic (exact) mass is 847 g/mol. The Morgan fingerprint density at radius 2 is 0.948 bits per heavy atom. The maximum absolute atomic E-state index is 12.3. The number of aliphatic carboxylic acids is 2. The summed E-state index contributed by atoms with van der Waals surface area (Å²) in [6.07, 6.45) is 13.5. The van der Waals surface area contributed by atoms with E-state index in [0.29, 0.717) is 12.8 Å². The first-order valence-electron chi connectivity index (χ1n) is 20.2. The zero-order valence-corrected chi connectivity index (χ0v) is 34.6. The molecule has 0 aromatic carbocycles. The number of alkyl halides is 1. The van der Waals surface area contributed by atoms with Crippen molar-refractivity contribution in [1.82, 2.24) is 26.6 Å². The molecule has 0 aromatic heterocycles. The van der Waals surface area contributed by atoms with Crippen LogP contribution in [0.25, 0.3) is 0 Å². The molecule has 0 saturated carbocycles. The molecule has 1 atom stereocenters. The molecule has 0 aliphatic carbocycles. The lowest BCUT2D eigenvalue weighted by molar-refractivity contribution is -0.142. The smallest absolute Gasteiger partial charge is 0.381 e. The van der Waals surface area contributed by atoms with Crippen LogP contribution in [0.1, 0.15) is 103 Å². The molecule has 58 heavy (non-hydrogen) atoms. The summed E-state index contributed by atoms with van der Waals surface area (Å²) in [5, 5.41) is 30.9. The van der Waals surface area contributed by atoms with E-state index in [0.717, 1.165) is 44.9 Å². The third kappa shape index (κ3) is 38.8. The summed E-state index contributed by atoms with van der Waals surface area (Å²) in [5.41, 5.74) is 0. The Morgan fingerprint density at radius 3 is 1.45 bits per heavy atom. The van der Waals surface area contributed by atoms with Gasteiger partial charge in [-0.2, -0.15) is 0 Å². The molecule has 0 spiro atoms. The van der Waals surface area contributed by atoms with Crippen LogP contribution in [-0.2, 0) is 52.5 Å². The molecule has 0 aliphatic heterocycles. The number of carbonyl (C=O) groups is 7. The number of nitrogens with one attached hydrogen (secondary N) is 5. The second-order valence-corrected chi connectivity index (χ2v) is 13.5. The molecule has 0 fully saturated rings. The largest absolute Gasteiger partial charge is 0.480 e. The van der Waals surface area contributed by atoms with E-state index < -0.39 is 18.0 Å². The van der Waals surface area contributed by atoms with Crippen LogP contribution < -0.4 is 26.6 Å². The number of halogens is 1. The minimum atomic E-state index is -1.19. The predicted octanol–water partition coefficient (Wildman–Crippen LogP) is 1.66. The lowest BCUT2D eigenvalue weighted by Crippen LogP contribution is -2.41. The standard InChI is InChI=1S/C39H66ClN5O13/c40-29-35(48)41-19-20-42-36(49)30-57-27-26-56-24-22-44-37(50)31-58-28-25-55-23-21-43-33(46)18-17-32(39(53)54)45-34(47)15-13-11-9-7-5-3-1-2-4-6-8-10-12-14-16-38(51)52/h32H,1-13,15,17-31H2,(H,41,48)(H,42,49)(H,43,46)(H,44,50)(H,45,47)(H,51,52)(H,53,54)/t32-/m0/s1. The highest BCUT2D eigenvalue weighted by Gasteiger charge is 2.20. The van der Waals surface area contributed by atoms with Crippen molar-refractivity contribution in [3.05, 3.63) is 0 Å². The molecule has 7 N–H and O–H groups in total. The molecule has 0 rings (SSSR count). The average Bonchev–Trinajstić information content (AvgIpc) is 3.19. The summed E-state index contributed by atoms with van der Waals surface area (Å²) in [6.45, 7) is 1.88. The fraction of sp³-hybridized carbons (Fsp3) is 0.769. The highest BCUT2D eigenvalue weighted by Crippen LogP contribution is 2.13. The summed E-state index contributed by atoms with van der Waals surface area (Å²) >= 11 is 5.35. The van der Waals surface area contributed by atoms with Crippen LogP contribution in [0.4, 0.5) is 0 Å². The fourth-order valence-electron chi connectivity index (χ4n) is 5.14. The van der Waals surface area contributed by atoms with Crippen LogP contribution in [0.3, 0.4) is 0 Å². The van der Waals surface area contributed by atoms with Crippen molar-refractivity contribution in [3.63, 3.8) is 0 Å². The van der Waals surface area contributed by atoms with Gasteiger partial charge in [0.1, 0.15) is 25.1 Å². The van der Waals surface area contributed by atoms with Crippen LogP contribution >= 0.6 is 11.6 Å². The quantitative estimate of drug-likeness (QED) is 0.0264. The van der Waals surface area contributed by atoms with Crippen LogP contribution in [0.5, 0.6) is 0 Å². The van der Waals surface area contributed by atoms with E-state index in [1.807, 2.05) is 0 Å². The number of rotatable bonds is 39. The highest BCUT2D eigenvalue weighted by molar-refractivity contribution is 6.27. The predicted molar refractivity (Wildman–Crippen MR) is 215 cm³/mol. The first-order chi connectivity index (χ1) is 28.0. The van der Waals surface area contributed by atoms with Gasteiger partial charge < -0.3 is 55.7 Å². The van der Waals surface area contributed by atoms with Gasteiger partial charge in [0.15, 0.2) is 0 Å². The molecule has 0 aliphatic rings. The Kier molecular flexibility index (Phi) is 37.0. The van der Waals surface area contributed by atoms with Gasteiger partial charge in [-0.25, -0.2) is 9.59 Å². The van der Waals surface area contributed by atoms with Gasteiger partial charge >= 0.3 is 11.9 Å². The van der Waals surface area contributed by atoms with Crippen LogP contribution in [0.15, 0.2) is 0 Å². The number of ether oxygens (including phenoxy) is 4. The molecule has 5 amide bonds. The molecule has 0 bridgehead atoms. The summed E-state index contributed by atoms with van der Waals surface area (Å²) in [5.74, 6) is 0.682. The van der Waals surface area contributed by atoms with Crippen LogP contribution in [0, 0.1) is 11.8 Å². The third-order valence-electron chi connectivity index (χ3n) is 8.18. The Bertz CT molecular complexity index is 1230. The van der Waals surface area contributed by atoms with Gasteiger partial charge in [-0.15, -0.1) is 11.6 Å². The van der Waals surface area contributed by atoms with Crippen molar-refractivity contribution in [1.29, 1.82) is 0 Å². The van der Waals surface area contributed by atoms with Crippen molar-refractivity contribution in [3.8, 4) is 11.8 Å². The molecule has 0 radical (unpaired) electrons. The fourth-order valence-corrected chi connectivity index (χ4v) is 5.23. The summed E-state index contributed by atoms with van der Waals surface area (Å²) in [7, 11) is 0. The Balaban J connectivity index is 3.66. The van der Waals surface area contributed by atoms with Gasteiger partial charge in [-0.1, -0.05) is 70.1 Å². The number of carbonyl (C=O) groups excluding carboxylic acids is 5. The molecule has 0 unspecified atom stereocenters. The lowest BCUT2D eigenvalue weighted by Gasteiger charge is -2.14. The number of hydrogen-bond donors (Lipinski definition) is 7. The highest BCUT2D eigenvalue weighted by atomic mass is 35.5. The van der Waals surface area contributed by atoms with Crippen molar-refractivity contribution in [2.45, 2.75) is 109 Å². The normalized spacial score (nSPS) is 11.1. The van der Waals surface area contributed by atoms with Crippen LogP contribution in [0.2, 0.25) is 0 Å². The zero-order chi connectivity index (χ0) is 42.9. The molecule has 0 heterocycles. The number of carboxylic acids is 2. The Hall–Kier alpha value is -4.02. The van der Waals surface area contributed by atoms with Gasteiger partial charge in [0.2, 0.25) is 29.5 Å². The van der Waals surface area contributed by atoms with E-state index in [1.54, 1.807) is 0 Å². The first-order valence-corrected chi connectivity index (χ1v) is 20.8. The van der Waals surface area contributed by atoms with Gasteiger partial charge in [0, 0.05) is 51.4 Å². The van der Waals surface area contributed by atoms with E-state index in [-0.39, 0.29) is 134 Å². The van der Waals surface area contributed by atoms with Crippen LogP contribution in [-0.4, -0.2) is 143 Å². The SMILES string of the molecule is O=C(O)C#CCCCCCCCCCCCCCCC(=O)N[C@@H](CCC(=O)NCCOCCOCC(=O)NCCOCCOCC(=O)NCCNC(=O)CCl)C(=O)O. The van der Waals surface area contributed by atoms with E-state index >= 15 is 0 Å². The number of carboxylic acid groups (broad SMARTS) is 2. The topological polar surface area (TPSA) is 257 Å². The van der Waals surface area contributed by atoms with E-state index in [2.05, 4.69) is 38.4 Å². The minimum absolute atomic E-state index is 0.0348. The number of unbranched alkanes of at least 4 members (excludes halogenated alkanes) is 12. The summed E-state index contributed by atoms with van der Waals surface area (Å²) < 4.78 is 21.1. The third-order valence-corrected chi connectivity index (χ3v) is 8.43. The van der Waals surface area contributed by atoms with E-state index in [1.165, 1.54) is 25.7 Å².